The van der Waals surface area contributed by atoms with E-state index < -0.39 is 0 Å². The van der Waals surface area contributed by atoms with Crippen LogP contribution in [-0.2, 0) is 13.2 Å². The Bertz CT molecular complexity index is 828. The summed E-state index contributed by atoms with van der Waals surface area (Å²) in [6, 6.07) is 5.62. The van der Waals surface area contributed by atoms with Crippen LogP contribution >= 0.6 is 0 Å². The van der Waals surface area contributed by atoms with Gasteiger partial charge in [-0.1, -0.05) is 6.07 Å². The van der Waals surface area contributed by atoms with E-state index in [-0.39, 0.29) is 6.61 Å². The third-order valence-electron chi connectivity index (χ3n) is 3.48. The first-order valence-electron chi connectivity index (χ1n) is 7.95. The predicted octanol–water partition coefficient (Wildman–Crippen LogP) is 2.47. The highest BCUT2D eigenvalue weighted by molar-refractivity contribution is 5.55. The molecule has 0 spiro atoms. The fraction of sp³-hybridized carbons (Fsp3) is 0.222. The molecule has 0 radical (unpaired) electrons. The van der Waals surface area contributed by atoms with Crippen molar-refractivity contribution in [3.8, 4) is 17.4 Å². The van der Waals surface area contributed by atoms with Crippen molar-refractivity contribution in [1.82, 2.24) is 19.9 Å². The molecule has 0 fully saturated rings. The van der Waals surface area contributed by atoms with Gasteiger partial charge in [-0.3, -0.25) is 4.98 Å². The highest BCUT2D eigenvalue weighted by Crippen LogP contribution is 2.27. The summed E-state index contributed by atoms with van der Waals surface area (Å²) >= 11 is 0. The molecular formula is C18H19N5O3. The van der Waals surface area contributed by atoms with Gasteiger partial charge in [-0.15, -0.1) is 0 Å². The van der Waals surface area contributed by atoms with Crippen molar-refractivity contribution in [2.45, 2.75) is 13.2 Å². The maximum Gasteiger partial charge on any atom is 0.237 e. The Balaban J connectivity index is 1.62. The first kappa shape index (κ1) is 17.4. The summed E-state index contributed by atoms with van der Waals surface area (Å²) in [7, 11) is 3.36. The number of hydrogen-bond acceptors (Lipinski definition) is 8. The second-order valence-electron chi connectivity index (χ2n) is 5.25. The Morgan fingerprint density at radius 2 is 1.77 bits per heavy atom. The van der Waals surface area contributed by atoms with Crippen LogP contribution in [-0.4, -0.2) is 34.1 Å². The Morgan fingerprint density at radius 1 is 0.962 bits per heavy atom. The van der Waals surface area contributed by atoms with E-state index in [2.05, 4.69) is 25.3 Å². The van der Waals surface area contributed by atoms with Gasteiger partial charge in [0.15, 0.2) is 11.6 Å². The minimum atomic E-state index is 0.227. The van der Waals surface area contributed by atoms with Crippen LogP contribution in [0, 0.1) is 0 Å². The van der Waals surface area contributed by atoms with Crippen LogP contribution in [0.25, 0.3) is 0 Å². The van der Waals surface area contributed by atoms with E-state index in [9.17, 15) is 0 Å². The summed E-state index contributed by atoms with van der Waals surface area (Å²) in [6.45, 7) is 0.611. The molecule has 3 rings (SSSR count). The van der Waals surface area contributed by atoms with Crippen LogP contribution in [0.4, 0.5) is 5.69 Å². The van der Waals surface area contributed by atoms with Crippen LogP contribution in [0.15, 0.2) is 49.2 Å². The van der Waals surface area contributed by atoms with E-state index >= 15 is 0 Å². The zero-order valence-electron chi connectivity index (χ0n) is 14.5. The molecule has 1 N–H and O–H groups in total. The summed E-state index contributed by atoms with van der Waals surface area (Å²) in [5.41, 5.74) is 1.69. The van der Waals surface area contributed by atoms with Crippen molar-refractivity contribution in [2.24, 2.45) is 0 Å². The standard InChI is InChI=1S/C18H19N5O3/c1-19-16-6-14(25-12-17-21-9-15(24-2)10-22-17)8-23-18(16)26-11-13-4-3-5-20-7-13/h3-10,19H,11-12H2,1-2H3. The predicted molar refractivity (Wildman–Crippen MR) is 95.3 cm³/mol. The molecule has 26 heavy (non-hydrogen) atoms. The van der Waals surface area contributed by atoms with E-state index in [1.54, 1.807) is 45.1 Å². The highest BCUT2D eigenvalue weighted by atomic mass is 16.5. The second-order valence-corrected chi connectivity index (χ2v) is 5.25. The summed E-state index contributed by atoms with van der Waals surface area (Å²) in [6.07, 6.45) is 8.27. The van der Waals surface area contributed by atoms with E-state index in [0.717, 1.165) is 11.3 Å². The van der Waals surface area contributed by atoms with Crippen molar-refractivity contribution in [3.63, 3.8) is 0 Å². The van der Waals surface area contributed by atoms with E-state index in [1.807, 2.05) is 18.2 Å². The van der Waals surface area contributed by atoms with Crippen LogP contribution in [0.1, 0.15) is 11.4 Å². The molecule has 0 aliphatic heterocycles. The fourth-order valence-electron chi connectivity index (χ4n) is 2.11. The molecule has 0 aliphatic carbocycles. The third-order valence-corrected chi connectivity index (χ3v) is 3.48. The fourth-order valence-corrected chi connectivity index (χ4v) is 2.11. The molecule has 0 aliphatic rings. The molecule has 8 nitrogen and oxygen atoms in total. The minimum absolute atomic E-state index is 0.227. The number of nitrogens with zero attached hydrogens (tertiary/aromatic N) is 4. The number of ether oxygens (including phenoxy) is 3. The molecule has 3 aromatic heterocycles. The van der Waals surface area contributed by atoms with Crippen LogP contribution in [0.5, 0.6) is 17.4 Å². The van der Waals surface area contributed by atoms with Gasteiger partial charge in [-0.2, -0.15) is 0 Å². The Hall–Kier alpha value is -3.42. The molecule has 0 amide bonds. The zero-order chi connectivity index (χ0) is 18.2. The number of pyridine rings is 2. The lowest BCUT2D eigenvalue weighted by atomic mass is 10.3. The van der Waals surface area contributed by atoms with Crippen LogP contribution < -0.4 is 19.5 Å². The molecule has 0 saturated heterocycles. The SMILES string of the molecule is CNc1cc(OCc2ncc(OC)cn2)cnc1OCc1cccnc1. The van der Waals surface area contributed by atoms with Gasteiger partial charge in [0.25, 0.3) is 0 Å². The first-order valence-corrected chi connectivity index (χ1v) is 7.95. The number of aromatic nitrogens is 4. The van der Waals surface area contributed by atoms with E-state index in [4.69, 9.17) is 14.2 Å². The number of hydrogen-bond donors (Lipinski definition) is 1. The number of methoxy groups -OCH3 is 1. The Labute approximate surface area is 151 Å². The number of nitrogens with one attached hydrogen (secondary N) is 1. The van der Waals surface area contributed by atoms with Gasteiger partial charge in [-0.05, 0) is 6.07 Å². The maximum absolute atomic E-state index is 5.75. The molecule has 0 saturated carbocycles. The van der Waals surface area contributed by atoms with Crippen molar-refractivity contribution in [1.29, 1.82) is 0 Å². The van der Waals surface area contributed by atoms with Crippen molar-refractivity contribution < 1.29 is 14.2 Å². The smallest absolute Gasteiger partial charge is 0.237 e. The monoisotopic (exact) mass is 353 g/mol. The zero-order valence-corrected chi connectivity index (χ0v) is 14.5. The number of rotatable bonds is 8. The summed E-state index contributed by atoms with van der Waals surface area (Å²) in [4.78, 5) is 16.7. The van der Waals surface area contributed by atoms with Gasteiger partial charge in [0, 0.05) is 31.1 Å². The van der Waals surface area contributed by atoms with Crippen LogP contribution in [0.2, 0.25) is 0 Å². The highest BCUT2D eigenvalue weighted by Gasteiger charge is 2.08. The summed E-state index contributed by atoms with van der Waals surface area (Å²) in [5.74, 6) is 2.23. The quantitative estimate of drug-likeness (QED) is 0.660. The van der Waals surface area contributed by atoms with Gasteiger partial charge in [0.1, 0.15) is 24.7 Å². The van der Waals surface area contributed by atoms with Gasteiger partial charge in [-0.25, -0.2) is 15.0 Å². The van der Waals surface area contributed by atoms with Crippen molar-refractivity contribution >= 4 is 5.69 Å². The summed E-state index contributed by atoms with van der Waals surface area (Å²) < 4.78 is 16.5. The lowest BCUT2D eigenvalue weighted by Gasteiger charge is -2.12. The average Bonchev–Trinajstić information content (AvgIpc) is 2.72. The van der Waals surface area contributed by atoms with Gasteiger partial charge in [0.05, 0.1) is 25.7 Å². The second kappa shape index (κ2) is 8.61. The van der Waals surface area contributed by atoms with Crippen molar-refractivity contribution in [3.05, 3.63) is 60.6 Å². The molecule has 0 aromatic carbocycles. The molecular weight excluding hydrogens is 334 g/mol. The Kier molecular flexibility index (Phi) is 5.76. The summed E-state index contributed by atoms with van der Waals surface area (Å²) in [5, 5.41) is 3.05. The van der Waals surface area contributed by atoms with Gasteiger partial charge in [0.2, 0.25) is 5.88 Å². The molecule has 3 aromatic rings. The lowest BCUT2D eigenvalue weighted by molar-refractivity contribution is 0.283. The van der Waals surface area contributed by atoms with Crippen LogP contribution in [0.3, 0.4) is 0 Å². The molecule has 0 atom stereocenters. The van der Waals surface area contributed by atoms with Gasteiger partial charge < -0.3 is 19.5 Å². The normalized spacial score (nSPS) is 10.2. The number of anilines is 1. The van der Waals surface area contributed by atoms with Crippen molar-refractivity contribution in [2.75, 3.05) is 19.5 Å². The minimum Gasteiger partial charge on any atom is -0.494 e. The molecule has 0 bridgehead atoms. The first-order chi connectivity index (χ1) is 12.8. The van der Waals surface area contributed by atoms with E-state index in [0.29, 0.717) is 29.8 Å². The maximum atomic E-state index is 5.75. The average molecular weight is 353 g/mol. The Morgan fingerprint density at radius 3 is 2.46 bits per heavy atom. The topological polar surface area (TPSA) is 91.3 Å². The molecule has 0 unspecified atom stereocenters. The lowest BCUT2D eigenvalue weighted by Crippen LogP contribution is -2.04. The van der Waals surface area contributed by atoms with Gasteiger partial charge >= 0.3 is 0 Å². The molecule has 8 heteroatoms. The molecule has 3 heterocycles. The third kappa shape index (κ3) is 4.56. The van der Waals surface area contributed by atoms with E-state index in [1.165, 1.54) is 0 Å². The molecule has 134 valence electrons. The largest absolute Gasteiger partial charge is 0.494 e.